The number of aromatic nitrogens is 1. The number of nitrogens with one attached hydrogen (secondary N) is 1. The first kappa shape index (κ1) is 23.4. The highest BCUT2D eigenvalue weighted by molar-refractivity contribution is 5.97. The molecule has 182 valence electrons. The van der Waals surface area contributed by atoms with E-state index in [1.807, 2.05) is 44.2 Å². The van der Waals surface area contributed by atoms with Crippen molar-refractivity contribution in [3.05, 3.63) is 77.5 Å². The lowest BCUT2D eigenvalue weighted by atomic mass is 9.95. The third kappa shape index (κ3) is 4.63. The van der Waals surface area contributed by atoms with Crippen LogP contribution in [-0.4, -0.2) is 48.6 Å². The van der Waals surface area contributed by atoms with E-state index in [1.54, 1.807) is 6.20 Å². The summed E-state index contributed by atoms with van der Waals surface area (Å²) in [6.45, 7) is 10.3. The molecule has 1 saturated carbocycles. The minimum atomic E-state index is -0.432. The maximum Gasteiger partial charge on any atom is 0.252 e. The van der Waals surface area contributed by atoms with Crippen LogP contribution in [0.2, 0.25) is 0 Å². The number of fused-ring (bicyclic) bond motifs is 1. The van der Waals surface area contributed by atoms with E-state index < -0.39 is 5.54 Å². The number of amides is 1. The van der Waals surface area contributed by atoms with Crippen molar-refractivity contribution in [3.63, 3.8) is 0 Å². The standard InChI is InChI=1S/C29H33N3O3/c1-5-34-20(3)21-15-26(24-7-6-13-30-27(24)16-21)29(11-12-29)31-28(33)25-17-23(9-8-19(25)2)35-18-22-10-14-32(22)4/h6-9,13,15-17,22H,3,5,10-12,14,18H2,1-2,4H3,(H,31,33)/t22-/m0/s1. The van der Waals surface area contributed by atoms with Crippen molar-refractivity contribution >= 4 is 22.6 Å². The fourth-order valence-corrected chi connectivity index (χ4v) is 4.78. The number of nitrogens with zero attached hydrogens (tertiary/aromatic N) is 2. The second-order valence-electron chi connectivity index (χ2n) is 9.70. The Morgan fingerprint density at radius 3 is 2.77 bits per heavy atom. The van der Waals surface area contributed by atoms with Crippen LogP contribution in [0, 0.1) is 6.92 Å². The number of pyridine rings is 1. The van der Waals surface area contributed by atoms with Gasteiger partial charge < -0.3 is 14.8 Å². The number of hydrogen-bond acceptors (Lipinski definition) is 5. The number of likely N-dealkylation sites (N-methyl/N-ethyl adjacent to an activating group) is 1. The minimum absolute atomic E-state index is 0.0858. The van der Waals surface area contributed by atoms with E-state index in [-0.39, 0.29) is 5.91 Å². The predicted molar refractivity (Wildman–Crippen MR) is 138 cm³/mol. The quantitative estimate of drug-likeness (QED) is 0.443. The zero-order chi connectivity index (χ0) is 24.6. The van der Waals surface area contributed by atoms with Gasteiger partial charge >= 0.3 is 0 Å². The van der Waals surface area contributed by atoms with Crippen molar-refractivity contribution in [3.8, 4) is 5.75 Å². The molecule has 0 radical (unpaired) electrons. The molecule has 2 aromatic carbocycles. The van der Waals surface area contributed by atoms with Gasteiger partial charge in [-0.05, 0) is 88.2 Å². The van der Waals surface area contributed by atoms with Gasteiger partial charge in [-0.2, -0.15) is 0 Å². The van der Waals surface area contributed by atoms with Crippen LogP contribution in [0.1, 0.15) is 53.2 Å². The monoisotopic (exact) mass is 471 g/mol. The SMILES string of the molecule is C=C(OCC)c1cc(C2(NC(=O)c3cc(OC[C@@H]4CCN4C)ccc3C)CC2)c2cccnc2c1. The van der Waals surface area contributed by atoms with Gasteiger partial charge in [-0.1, -0.05) is 18.7 Å². The highest BCUT2D eigenvalue weighted by Crippen LogP contribution is 2.48. The van der Waals surface area contributed by atoms with Crippen LogP contribution in [0.4, 0.5) is 0 Å². The summed E-state index contributed by atoms with van der Waals surface area (Å²) in [7, 11) is 2.11. The number of likely N-dealkylation sites (tertiary alicyclic amines) is 1. The van der Waals surface area contributed by atoms with Crippen molar-refractivity contribution in [2.24, 2.45) is 0 Å². The fourth-order valence-electron chi connectivity index (χ4n) is 4.78. The molecule has 1 saturated heterocycles. The van der Waals surface area contributed by atoms with Crippen LogP contribution in [0.5, 0.6) is 5.75 Å². The molecule has 35 heavy (non-hydrogen) atoms. The van der Waals surface area contributed by atoms with Crippen LogP contribution in [0.25, 0.3) is 16.7 Å². The molecule has 1 aromatic heterocycles. The van der Waals surface area contributed by atoms with Gasteiger partial charge in [0, 0.05) is 28.8 Å². The van der Waals surface area contributed by atoms with Gasteiger partial charge in [0.05, 0.1) is 17.7 Å². The lowest BCUT2D eigenvalue weighted by Crippen LogP contribution is -2.48. The first-order valence-electron chi connectivity index (χ1n) is 12.4. The van der Waals surface area contributed by atoms with E-state index in [0.717, 1.165) is 59.2 Å². The van der Waals surface area contributed by atoms with Crippen LogP contribution >= 0.6 is 0 Å². The van der Waals surface area contributed by atoms with E-state index in [1.165, 1.54) is 0 Å². The Morgan fingerprint density at radius 2 is 2.09 bits per heavy atom. The van der Waals surface area contributed by atoms with Gasteiger partial charge in [-0.25, -0.2) is 0 Å². The molecular weight excluding hydrogens is 438 g/mol. The highest BCUT2D eigenvalue weighted by atomic mass is 16.5. The molecule has 6 heteroatoms. The Bertz CT molecular complexity index is 1280. The smallest absolute Gasteiger partial charge is 0.252 e. The van der Waals surface area contributed by atoms with Crippen molar-refractivity contribution < 1.29 is 14.3 Å². The number of carbonyl (C=O) groups is 1. The molecule has 5 rings (SSSR count). The Morgan fingerprint density at radius 1 is 1.26 bits per heavy atom. The van der Waals surface area contributed by atoms with E-state index in [0.29, 0.717) is 30.6 Å². The van der Waals surface area contributed by atoms with Gasteiger partial charge in [-0.15, -0.1) is 0 Å². The summed E-state index contributed by atoms with van der Waals surface area (Å²) >= 11 is 0. The number of aryl methyl sites for hydroxylation is 1. The molecule has 6 nitrogen and oxygen atoms in total. The molecule has 2 aliphatic rings. The Kier molecular flexibility index (Phi) is 6.24. The minimum Gasteiger partial charge on any atom is -0.494 e. The van der Waals surface area contributed by atoms with Crippen LogP contribution in [0.15, 0.2) is 55.2 Å². The summed E-state index contributed by atoms with van der Waals surface area (Å²) in [5, 5.41) is 4.39. The second kappa shape index (κ2) is 9.34. The fraction of sp³-hybridized carbons (Fsp3) is 0.379. The van der Waals surface area contributed by atoms with Gasteiger partial charge in [0.2, 0.25) is 0 Å². The molecule has 3 aromatic rings. The summed E-state index contributed by atoms with van der Waals surface area (Å²) in [5.74, 6) is 1.26. The Hall–Kier alpha value is -3.38. The summed E-state index contributed by atoms with van der Waals surface area (Å²) in [6, 6.07) is 14.3. The maximum absolute atomic E-state index is 13.5. The van der Waals surface area contributed by atoms with Crippen molar-refractivity contribution in [2.75, 3.05) is 26.8 Å². The van der Waals surface area contributed by atoms with Gasteiger partial charge in [0.1, 0.15) is 18.1 Å². The van der Waals surface area contributed by atoms with Crippen molar-refractivity contribution in [1.29, 1.82) is 0 Å². The molecule has 1 atom stereocenters. The molecule has 1 amide bonds. The summed E-state index contributed by atoms with van der Waals surface area (Å²) in [5.41, 5.74) is 3.96. The zero-order valence-electron chi connectivity index (χ0n) is 20.8. The number of carbonyl (C=O) groups excluding carboxylic acids is 1. The molecule has 1 aliphatic carbocycles. The molecule has 0 spiro atoms. The largest absolute Gasteiger partial charge is 0.494 e. The van der Waals surface area contributed by atoms with Crippen LogP contribution < -0.4 is 10.1 Å². The van der Waals surface area contributed by atoms with E-state index >= 15 is 0 Å². The molecule has 0 bridgehead atoms. The van der Waals surface area contributed by atoms with Crippen molar-refractivity contribution in [1.82, 2.24) is 15.2 Å². The topological polar surface area (TPSA) is 63.7 Å². The lowest BCUT2D eigenvalue weighted by Gasteiger charge is -2.37. The van der Waals surface area contributed by atoms with E-state index in [4.69, 9.17) is 9.47 Å². The zero-order valence-corrected chi connectivity index (χ0v) is 20.8. The molecule has 2 heterocycles. The first-order chi connectivity index (χ1) is 16.9. The Labute approximate surface area is 206 Å². The van der Waals surface area contributed by atoms with Gasteiger partial charge in [-0.3, -0.25) is 14.7 Å². The van der Waals surface area contributed by atoms with Crippen molar-refractivity contribution in [2.45, 2.75) is 44.7 Å². The van der Waals surface area contributed by atoms with E-state index in [9.17, 15) is 4.79 Å². The number of rotatable bonds is 9. The lowest BCUT2D eigenvalue weighted by molar-refractivity contribution is 0.0767. The van der Waals surface area contributed by atoms with Gasteiger partial charge in [0.15, 0.2) is 0 Å². The normalized spacial score (nSPS) is 18.5. The van der Waals surface area contributed by atoms with Gasteiger partial charge in [0.25, 0.3) is 5.91 Å². The second-order valence-corrected chi connectivity index (χ2v) is 9.70. The summed E-state index contributed by atoms with van der Waals surface area (Å²) < 4.78 is 11.7. The third-order valence-electron chi connectivity index (χ3n) is 7.31. The molecule has 0 unspecified atom stereocenters. The first-order valence-corrected chi connectivity index (χ1v) is 12.4. The number of hydrogen-bond donors (Lipinski definition) is 1. The summed E-state index contributed by atoms with van der Waals surface area (Å²) in [6.07, 6.45) is 4.68. The number of ether oxygens (including phenoxy) is 2. The highest BCUT2D eigenvalue weighted by Gasteiger charge is 2.47. The molecule has 1 N–H and O–H groups in total. The molecule has 1 aliphatic heterocycles. The van der Waals surface area contributed by atoms with Crippen LogP contribution in [-0.2, 0) is 10.3 Å². The average molecular weight is 472 g/mol. The third-order valence-corrected chi connectivity index (χ3v) is 7.31. The van der Waals surface area contributed by atoms with Crippen LogP contribution in [0.3, 0.4) is 0 Å². The predicted octanol–water partition coefficient (Wildman–Crippen LogP) is 5.05. The Balaban J connectivity index is 1.41. The average Bonchev–Trinajstić information content (AvgIpc) is 3.63. The summed E-state index contributed by atoms with van der Waals surface area (Å²) in [4.78, 5) is 20.4. The maximum atomic E-state index is 13.5. The molecule has 2 fully saturated rings. The number of benzene rings is 2. The van der Waals surface area contributed by atoms with E-state index in [2.05, 4.69) is 41.0 Å². The molecular formula is C29H33N3O3.